The van der Waals surface area contributed by atoms with E-state index in [0.29, 0.717) is 18.8 Å². The topological polar surface area (TPSA) is 80.6 Å². The highest BCUT2D eigenvalue weighted by molar-refractivity contribution is 5.92. The van der Waals surface area contributed by atoms with Crippen LogP contribution in [-0.4, -0.2) is 32.0 Å². The third-order valence-corrected chi connectivity index (χ3v) is 3.25. The number of rotatable bonds is 7. The lowest BCUT2D eigenvalue weighted by Gasteiger charge is -2.06. The number of hydrogen-bond donors (Lipinski definition) is 2. The molecule has 2 aromatic rings. The van der Waals surface area contributed by atoms with Crippen LogP contribution in [0.5, 0.6) is 5.75 Å². The molecule has 0 unspecified atom stereocenters. The lowest BCUT2D eigenvalue weighted by atomic mass is 10.1. The first kappa shape index (κ1) is 17.3. The molecule has 0 radical (unpaired) electrons. The van der Waals surface area contributed by atoms with Crippen molar-refractivity contribution in [3.8, 4) is 5.75 Å². The summed E-state index contributed by atoms with van der Waals surface area (Å²) in [5.41, 5.74) is 1.91. The predicted molar refractivity (Wildman–Crippen MR) is 90.8 cm³/mol. The first-order chi connectivity index (χ1) is 11.6. The average Bonchev–Trinajstić information content (AvgIpc) is 3.11. The SMILES string of the molecule is COc1ccc(C)cc1/C=C/C(=O)NCCNC(=O)c1ccco1. The van der Waals surface area contributed by atoms with Crippen LogP contribution in [0.25, 0.3) is 6.08 Å². The molecule has 0 fully saturated rings. The van der Waals surface area contributed by atoms with Gasteiger partial charge in [-0.3, -0.25) is 9.59 Å². The lowest BCUT2D eigenvalue weighted by molar-refractivity contribution is -0.116. The van der Waals surface area contributed by atoms with Crippen LogP contribution >= 0.6 is 0 Å². The average molecular weight is 328 g/mol. The summed E-state index contributed by atoms with van der Waals surface area (Å²) in [5, 5.41) is 5.34. The van der Waals surface area contributed by atoms with Gasteiger partial charge in [0.05, 0.1) is 13.4 Å². The Balaban J connectivity index is 1.77. The molecule has 126 valence electrons. The molecule has 2 N–H and O–H groups in total. The molecule has 0 spiro atoms. The molecule has 0 saturated heterocycles. The molecule has 6 heteroatoms. The first-order valence-corrected chi connectivity index (χ1v) is 7.52. The van der Waals surface area contributed by atoms with E-state index in [4.69, 9.17) is 9.15 Å². The van der Waals surface area contributed by atoms with Gasteiger partial charge in [-0.1, -0.05) is 11.6 Å². The van der Waals surface area contributed by atoms with Gasteiger partial charge in [0.1, 0.15) is 5.75 Å². The Hall–Kier alpha value is -3.02. The molecular formula is C18H20N2O4. The van der Waals surface area contributed by atoms with E-state index in [1.807, 2.05) is 25.1 Å². The third kappa shape index (κ3) is 5.01. The second-order valence-corrected chi connectivity index (χ2v) is 5.10. The van der Waals surface area contributed by atoms with Crippen molar-refractivity contribution in [3.63, 3.8) is 0 Å². The van der Waals surface area contributed by atoms with Crippen molar-refractivity contribution in [2.24, 2.45) is 0 Å². The van der Waals surface area contributed by atoms with E-state index in [9.17, 15) is 9.59 Å². The number of methoxy groups -OCH3 is 1. The van der Waals surface area contributed by atoms with Gasteiger partial charge in [-0.05, 0) is 37.3 Å². The van der Waals surface area contributed by atoms with Gasteiger partial charge in [-0.25, -0.2) is 0 Å². The maximum atomic E-state index is 11.8. The Morgan fingerprint density at radius 1 is 1.21 bits per heavy atom. The summed E-state index contributed by atoms with van der Waals surface area (Å²) in [7, 11) is 1.59. The molecule has 2 amide bonds. The van der Waals surface area contributed by atoms with E-state index in [1.165, 1.54) is 12.3 Å². The van der Waals surface area contributed by atoms with Crippen molar-refractivity contribution in [2.75, 3.05) is 20.2 Å². The minimum absolute atomic E-state index is 0.243. The van der Waals surface area contributed by atoms with Crippen LogP contribution in [0.1, 0.15) is 21.7 Å². The van der Waals surface area contributed by atoms with Gasteiger partial charge >= 0.3 is 0 Å². The Morgan fingerprint density at radius 3 is 2.71 bits per heavy atom. The smallest absolute Gasteiger partial charge is 0.287 e. The summed E-state index contributed by atoms with van der Waals surface area (Å²) in [6.45, 7) is 2.60. The van der Waals surface area contributed by atoms with Gasteiger partial charge < -0.3 is 19.8 Å². The van der Waals surface area contributed by atoms with Gasteiger partial charge in [0.25, 0.3) is 5.91 Å². The van der Waals surface area contributed by atoms with Crippen molar-refractivity contribution in [1.82, 2.24) is 10.6 Å². The van der Waals surface area contributed by atoms with E-state index < -0.39 is 0 Å². The molecule has 0 atom stereocenters. The molecule has 0 saturated carbocycles. The number of nitrogens with one attached hydrogen (secondary N) is 2. The number of amides is 2. The van der Waals surface area contributed by atoms with Crippen molar-refractivity contribution in [1.29, 1.82) is 0 Å². The maximum absolute atomic E-state index is 11.8. The zero-order valence-electron chi connectivity index (χ0n) is 13.7. The van der Waals surface area contributed by atoms with Gasteiger partial charge in [0, 0.05) is 24.7 Å². The summed E-state index contributed by atoms with van der Waals surface area (Å²) in [6, 6.07) is 8.95. The maximum Gasteiger partial charge on any atom is 0.287 e. The van der Waals surface area contributed by atoms with Crippen molar-refractivity contribution in [3.05, 3.63) is 59.6 Å². The van der Waals surface area contributed by atoms with E-state index >= 15 is 0 Å². The first-order valence-electron chi connectivity index (χ1n) is 7.52. The number of carbonyl (C=O) groups excluding carboxylic acids is 2. The number of benzene rings is 1. The summed E-state index contributed by atoms with van der Waals surface area (Å²) >= 11 is 0. The number of hydrogen-bond acceptors (Lipinski definition) is 4. The third-order valence-electron chi connectivity index (χ3n) is 3.25. The van der Waals surface area contributed by atoms with E-state index in [-0.39, 0.29) is 17.6 Å². The Morgan fingerprint density at radius 2 is 2.00 bits per heavy atom. The van der Waals surface area contributed by atoms with Crippen LogP contribution < -0.4 is 15.4 Å². The second kappa shape index (κ2) is 8.57. The van der Waals surface area contributed by atoms with Crippen LogP contribution in [0.2, 0.25) is 0 Å². The molecule has 24 heavy (non-hydrogen) atoms. The van der Waals surface area contributed by atoms with Crippen molar-refractivity contribution < 1.29 is 18.7 Å². The quantitative estimate of drug-likeness (QED) is 0.603. The normalized spacial score (nSPS) is 10.6. The van der Waals surface area contributed by atoms with Crippen LogP contribution in [0.3, 0.4) is 0 Å². The van der Waals surface area contributed by atoms with Crippen LogP contribution in [0, 0.1) is 6.92 Å². The molecule has 0 aliphatic rings. The minimum atomic E-state index is -0.311. The number of aryl methyl sites for hydroxylation is 1. The van der Waals surface area contributed by atoms with Crippen LogP contribution in [0.4, 0.5) is 0 Å². The van der Waals surface area contributed by atoms with Crippen LogP contribution in [-0.2, 0) is 4.79 Å². The minimum Gasteiger partial charge on any atom is -0.496 e. The lowest BCUT2D eigenvalue weighted by Crippen LogP contribution is -2.33. The Kier molecular flexibility index (Phi) is 6.19. The zero-order chi connectivity index (χ0) is 17.4. The fourth-order valence-electron chi connectivity index (χ4n) is 2.07. The van der Waals surface area contributed by atoms with E-state index in [2.05, 4.69) is 10.6 Å². The fraction of sp³-hybridized carbons (Fsp3) is 0.222. The molecule has 1 aromatic heterocycles. The molecule has 0 aliphatic carbocycles. The highest BCUT2D eigenvalue weighted by Crippen LogP contribution is 2.20. The Labute approximate surface area is 140 Å². The molecular weight excluding hydrogens is 308 g/mol. The van der Waals surface area contributed by atoms with Gasteiger partial charge in [0.2, 0.25) is 5.91 Å². The standard InChI is InChI=1S/C18H20N2O4/c1-13-5-7-15(23-2)14(12-13)6-8-17(21)19-9-10-20-18(22)16-4-3-11-24-16/h3-8,11-12H,9-10H2,1-2H3,(H,19,21)(H,20,22)/b8-6+. The summed E-state index contributed by atoms with van der Waals surface area (Å²) in [6.07, 6.45) is 4.56. The van der Waals surface area contributed by atoms with Crippen molar-refractivity contribution in [2.45, 2.75) is 6.92 Å². The van der Waals surface area contributed by atoms with Gasteiger partial charge in [-0.2, -0.15) is 0 Å². The highest BCUT2D eigenvalue weighted by Gasteiger charge is 2.07. The Bertz CT molecular complexity index is 721. The zero-order valence-corrected chi connectivity index (χ0v) is 13.7. The molecule has 2 rings (SSSR count). The number of furan rings is 1. The fourth-order valence-corrected chi connectivity index (χ4v) is 2.07. The van der Waals surface area contributed by atoms with E-state index in [1.54, 1.807) is 25.3 Å². The molecule has 6 nitrogen and oxygen atoms in total. The highest BCUT2D eigenvalue weighted by atomic mass is 16.5. The largest absolute Gasteiger partial charge is 0.496 e. The van der Waals surface area contributed by atoms with Crippen molar-refractivity contribution >= 4 is 17.9 Å². The van der Waals surface area contributed by atoms with Crippen LogP contribution in [0.15, 0.2) is 47.1 Å². The number of ether oxygens (including phenoxy) is 1. The molecule has 0 aliphatic heterocycles. The predicted octanol–water partition coefficient (Wildman–Crippen LogP) is 2.16. The van der Waals surface area contributed by atoms with Gasteiger partial charge in [0.15, 0.2) is 5.76 Å². The summed E-state index contributed by atoms with van der Waals surface area (Å²) < 4.78 is 10.2. The number of carbonyl (C=O) groups is 2. The van der Waals surface area contributed by atoms with Gasteiger partial charge in [-0.15, -0.1) is 0 Å². The molecule has 1 aromatic carbocycles. The molecule has 1 heterocycles. The summed E-state index contributed by atoms with van der Waals surface area (Å²) in [4.78, 5) is 23.4. The second-order valence-electron chi connectivity index (χ2n) is 5.10. The monoisotopic (exact) mass is 328 g/mol. The summed E-state index contributed by atoms with van der Waals surface area (Å²) in [5.74, 6) is 0.392. The molecule has 0 bridgehead atoms. The van der Waals surface area contributed by atoms with E-state index in [0.717, 1.165) is 11.1 Å².